The Kier molecular flexibility index (Phi) is 5.51. The van der Waals surface area contributed by atoms with Gasteiger partial charge in [0.1, 0.15) is 0 Å². The molecule has 0 saturated carbocycles. The number of nitrogens with two attached hydrogens (primary N) is 1. The van der Waals surface area contributed by atoms with Crippen molar-refractivity contribution in [1.29, 1.82) is 0 Å². The van der Waals surface area contributed by atoms with Crippen LogP contribution in [0.3, 0.4) is 0 Å². The van der Waals surface area contributed by atoms with Crippen molar-refractivity contribution in [3.05, 3.63) is 17.5 Å². The number of hydrogen-bond donors (Lipinski definition) is 2. The second kappa shape index (κ2) is 7.37. The van der Waals surface area contributed by atoms with Gasteiger partial charge in [0.05, 0.1) is 30.7 Å². The first-order valence-corrected chi connectivity index (χ1v) is 7.04. The normalized spacial score (nSPS) is 16.3. The van der Waals surface area contributed by atoms with Crippen LogP contribution in [0.4, 0.5) is 0 Å². The molecule has 112 valence electrons. The third kappa shape index (κ3) is 3.78. The van der Waals surface area contributed by atoms with Gasteiger partial charge in [-0.3, -0.25) is 14.9 Å². The molecule has 3 N–H and O–H groups in total. The predicted octanol–water partition coefficient (Wildman–Crippen LogP) is 0.0261. The largest absolute Gasteiger partial charge is 0.374 e. The third-order valence-electron chi connectivity index (χ3n) is 3.68. The summed E-state index contributed by atoms with van der Waals surface area (Å²) in [5, 5.41) is 4.06. The van der Waals surface area contributed by atoms with Crippen LogP contribution in [0.2, 0.25) is 0 Å². The average molecular weight is 281 g/mol. The average Bonchev–Trinajstić information content (AvgIpc) is 2.85. The summed E-state index contributed by atoms with van der Waals surface area (Å²) >= 11 is 0. The molecule has 7 nitrogen and oxygen atoms in total. The first kappa shape index (κ1) is 15.0. The van der Waals surface area contributed by atoms with Crippen LogP contribution in [-0.4, -0.2) is 46.8 Å². The lowest BCUT2D eigenvalue weighted by molar-refractivity contribution is 0.0808. The van der Waals surface area contributed by atoms with Gasteiger partial charge in [0, 0.05) is 13.6 Å². The number of amides is 1. The van der Waals surface area contributed by atoms with E-state index in [1.54, 1.807) is 11.7 Å². The molecule has 0 radical (unpaired) electrons. The van der Waals surface area contributed by atoms with Gasteiger partial charge in [0.25, 0.3) is 5.91 Å². The molecular formula is C13H23N5O2. The molecule has 1 aromatic heterocycles. The van der Waals surface area contributed by atoms with Crippen molar-refractivity contribution in [1.82, 2.24) is 20.1 Å². The summed E-state index contributed by atoms with van der Waals surface area (Å²) in [5.74, 6) is 4.81. The fraction of sp³-hybridized carbons (Fsp3) is 0.692. The van der Waals surface area contributed by atoms with Gasteiger partial charge in [-0.25, -0.2) is 5.84 Å². The Morgan fingerprint density at radius 1 is 1.45 bits per heavy atom. The first-order chi connectivity index (χ1) is 9.72. The Morgan fingerprint density at radius 2 is 2.20 bits per heavy atom. The van der Waals surface area contributed by atoms with Crippen LogP contribution in [0.5, 0.6) is 0 Å². The second-order valence-corrected chi connectivity index (χ2v) is 5.06. The lowest BCUT2D eigenvalue weighted by Gasteiger charge is -2.26. The third-order valence-corrected chi connectivity index (χ3v) is 3.68. The van der Waals surface area contributed by atoms with Crippen LogP contribution in [-0.2, 0) is 18.4 Å². The lowest BCUT2D eigenvalue weighted by atomic mass is 10.1. The maximum absolute atomic E-state index is 11.6. The summed E-state index contributed by atoms with van der Waals surface area (Å²) in [7, 11) is 1.79. The monoisotopic (exact) mass is 281 g/mol. The molecule has 20 heavy (non-hydrogen) atoms. The Morgan fingerprint density at radius 3 is 2.90 bits per heavy atom. The Bertz CT molecular complexity index is 440. The van der Waals surface area contributed by atoms with Crippen molar-refractivity contribution in [2.24, 2.45) is 12.9 Å². The number of ether oxygens (including phenoxy) is 1. The number of rotatable bonds is 6. The van der Waals surface area contributed by atoms with E-state index >= 15 is 0 Å². The summed E-state index contributed by atoms with van der Waals surface area (Å²) in [4.78, 5) is 14.0. The van der Waals surface area contributed by atoms with E-state index in [0.29, 0.717) is 18.8 Å². The predicted molar refractivity (Wildman–Crippen MR) is 74.8 cm³/mol. The minimum absolute atomic E-state index is 0.340. The molecule has 2 heterocycles. The quantitative estimate of drug-likeness (QED) is 0.332. The van der Waals surface area contributed by atoms with Crippen LogP contribution >= 0.6 is 0 Å². The zero-order chi connectivity index (χ0) is 14.4. The molecule has 1 saturated heterocycles. The van der Waals surface area contributed by atoms with Crippen LogP contribution in [0.1, 0.15) is 35.3 Å². The standard InChI is InChI=1S/C13H23N5O2/c1-17-12(11(9-15-17)13(19)16-14)10-20-8-7-18-5-3-2-4-6-18/h9H,2-8,10,14H2,1H3,(H,16,19). The molecule has 0 aliphatic carbocycles. The number of aromatic nitrogens is 2. The van der Waals surface area contributed by atoms with Crippen LogP contribution in [0, 0.1) is 0 Å². The fourth-order valence-corrected chi connectivity index (χ4v) is 2.45. The Hall–Kier alpha value is -1.44. The number of hydrogen-bond acceptors (Lipinski definition) is 5. The Labute approximate surface area is 119 Å². The maximum Gasteiger partial charge on any atom is 0.268 e. The molecule has 2 rings (SSSR count). The second-order valence-electron chi connectivity index (χ2n) is 5.06. The minimum atomic E-state index is -0.340. The highest BCUT2D eigenvalue weighted by molar-refractivity contribution is 5.94. The highest BCUT2D eigenvalue weighted by Gasteiger charge is 2.15. The highest BCUT2D eigenvalue weighted by Crippen LogP contribution is 2.10. The van der Waals surface area contributed by atoms with E-state index in [4.69, 9.17) is 10.6 Å². The highest BCUT2D eigenvalue weighted by atomic mass is 16.5. The maximum atomic E-state index is 11.6. The summed E-state index contributed by atoms with van der Waals surface area (Å²) in [6.07, 6.45) is 5.40. The topological polar surface area (TPSA) is 85.4 Å². The number of piperidine rings is 1. The molecule has 0 bridgehead atoms. The molecular weight excluding hydrogens is 258 g/mol. The van der Waals surface area contributed by atoms with Gasteiger partial charge in [0.2, 0.25) is 0 Å². The lowest BCUT2D eigenvalue weighted by Crippen LogP contribution is -2.33. The molecule has 0 aromatic carbocycles. The molecule has 1 amide bonds. The number of hydrazine groups is 1. The molecule has 0 spiro atoms. The molecule has 1 aliphatic heterocycles. The molecule has 0 unspecified atom stereocenters. The number of nitrogens with one attached hydrogen (secondary N) is 1. The van der Waals surface area contributed by atoms with Gasteiger partial charge in [-0.2, -0.15) is 5.10 Å². The van der Waals surface area contributed by atoms with Crippen molar-refractivity contribution in [2.75, 3.05) is 26.2 Å². The van der Waals surface area contributed by atoms with Gasteiger partial charge < -0.3 is 9.64 Å². The van der Waals surface area contributed by atoms with Gasteiger partial charge in [-0.15, -0.1) is 0 Å². The summed E-state index contributed by atoms with van der Waals surface area (Å²) < 4.78 is 7.32. The van der Waals surface area contributed by atoms with Crippen molar-refractivity contribution < 1.29 is 9.53 Å². The van der Waals surface area contributed by atoms with E-state index in [-0.39, 0.29) is 5.91 Å². The zero-order valence-electron chi connectivity index (χ0n) is 12.0. The van der Waals surface area contributed by atoms with E-state index in [1.165, 1.54) is 25.5 Å². The SMILES string of the molecule is Cn1ncc(C(=O)NN)c1COCCN1CCCCC1. The smallest absolute Gasteiger partial charge is 0.268 e. The van der Waals surface area contributed by atoms with E-state index < -0.39 is 0 Å². The van der Waals surface area contributed by atoms with Crippen molar-refractivity contribution in [3.8, 4) is 0 Å². The van der Waals surface area contributed by atoms with Crippen molar-refractivity contribution in [2.45, 2.75) is 25.9 Å². The Balaban J connectivity index is 1.78. The number of aryl methyl sites for hydroxylation is 1. The zero-order valence-corrected chi connectivity index (χ0v) is 12.0. The number of nitrogen functional groups attached to an aromatic ring is 1. The molecule has 1 aliphatic rings. The summed E-state index contributed by atoms with van der Waals surface area (Å²) in [6, 6.07) is 0. The minimum Gasteiger partial charge on any atom is -0.374 e. The van der Waals surface area contributed by atoms with Gasteiger partial charge >= 0.3 is 0 Å². The van der Waals surface area contributed by atoms with E-state index in [0.717, 1.165) is 25.3 Å². The molecule has 1 aromatic rings. The van der Waals surface area contributed by atoms with Crippen molar-refractivity contribution in [3.63, 3.8) is 0 Å². The fourth-order valence-electron chi connectivity index (χ4n) is 2.45. The van der Waals surface area contributed by atoms with Gasteiger partial charge in [-0.05, 0) is 25.9 Å². The molecule has 0 atom stereocenters. The van der Waals surface area contributed by atoms with Crippen LogP contribution < -0.4 is 11.3 Å². The summed E-state index contributed by atoms with van der Waals surface area (Å²) in [6.45, 7) is 4.30. The molecule has 1 fully saturated rings. The van der Waals surface area contributed by atoms with E-state index in [9.17, 15) is 4.79 Å². The van der Waals surface area contributed by atoms with E-state index in [2.05, 4.69) is 15.4 Å². The number of nitrogens with zero attached hydrogens (tertiary/aromatic N) is 3. The summed E-state index contributed by atoms with van der Waals surface area (Å²) in [5.41, 5.74) is 3.33. The molecule has 7 heteroatoms. The van der Waals surface area contributed by atoms with E-state index in [1.807, 2.05) is 0 Å². The van der Waals surface area contributed by atoms with Crippen LogP contribution in [0.25, 0.3) is 0 Å². The van der Waals surface area contributed by atoms with Gasteiger partial charge in [-0.1, -0.05) is 6.42 Å². The van der Waals surface area contributed by atoms with Crippen LogP contribution in [0.15, 0.2) is 6.20 Å². The number of carbonyl (C=O) groups is 1. The van der Waals surface area contributed by atoms with Gasteiger partial charge in [0.15, 0.2) is 0 Å². The number of carbonyl (C=O) groups excluding carboxylic acids is 1. The number of likely N-dealkylation sites (tertiary alicyclic amines) is 1. The van der Waals surface area contributed by atoms with Crippen molar-refractivity contribution >= 4 is 5.91 Å². The first-order valence-electron chi connectivity index (χ1n) is 7.04.